The fourth-order valence-corrected chi connectivity index (χ4v) is 3.45. The predicted molar refractivity (Wildman–Crippen MR) is 78.6 cm³/mol. The van der Waals surface area contributed by atoms with E-state index >= 15 is 0 Å². The smallest absolute Gasteiger partial charge is 0.205 e. The Bertz CT molecular complexity index is 581. The summed E-state index contributed by atoms with van der Waals surface area (Å²) in [5, 5.41) is 0.981. The maximum Gasteiger partial charge on any atom is 0.205 e. The summed E-state index contributed by atoms with van der Waals surface area (Å²) in [7, 11) is 0. The van der Waals surface area contributed by atoms with Crippen molar-refractivity contribution in [1.29, 1.82) is 0 Å². The standard InChI is InChI=1S/C13H9Cl3OS/c1-2-8-3-4-11(18-8)13(17)12-9(15)5-7(14)6-10(12)16/h3-6H,2H2,1H3. The molecule has 18 heavy (non-hydrogen) atoms. The number of hydrogen-bond acceptors (Lipinski definition) is 2. The van der Waals surface area contributed by atoms with E-state index in [1.54, 1.807) is 6.07 Å². The van der Waals surface area contributed by atoms with E-state index in [-0.39, 0.29) is 15.8 Å². The van der Waals surface area contributed by atoms with Gasteiger partial charge in [0.25, 0.3) is 0 Å². The molecule has 0 aliphatic carbocycles. The van der Waals surface area contributed by atoms with E-state index in [1.165, 1.54) is 23.5 Å². The molecule has 0 atom stereocenters. The van der Waals surface area contributed by atoms with Crippen LogP contribution in [0.25, 0.3) is 0 Å². The largest absolute Gasteiger partial charge is 0.288 e. The molecule has 0 amide bonds. The summed E-state index contributed by atoms with van der Waals surface area (Å²) in [4.78, 5) is 14.1. The zero-order chi connectivity index (χ0) is 13.3. The summed E-state index contributed by atoms with van der Waals surface area (Å²) >= 11 is 19.3. The van der Waals surface area contributed by atoms with Crippen LogP contribution in [0, 0.1) is 0 Å². The van der Waals surface area contributed by atoms with Crippen LogP contribution < -0.4 is 0 Å². The Kier molecular flexibility index (Phi) is 4.33. The highest BCUT2D eigenvalue weighted by Gasteiger charge is 2.19. The van der Waals surface area contributed by atoms with E-state index in [1.807, 2.05) is 13.0 Å². The van der Waals surface area contributed by atoms with Crippen molar-refractivity contribution >= 4 is 51.9 Å². The minimum absolute atomic E-state index is 0.161. The molecule has 0 saturated heterocycles. The second kappa shape index (κ2) is 5.62. The summed E-state index contributed by atoms with van der Waals surface area (Å²) in [5.41, 5.74) is 0.312. The topological polar surface area (TPSA) is 17.1 Å². The van der Waals surface area contributed by atoms with Crippen molar-refractivity contribution in [3.05, 3.63) is 54.7 Å². The summed E-state index contributed by atoms with van der Waals surface area (Å²) in [6.45, 7) is 2.04. The van der Waals surface area contributed by atoms with Crippen LogP contribution in [0.3, 0.4) is 0 Å². The molecular formula is C13H9Cl3OS. The van der Waals surface area contributed by atoms with Crippen molar-refractivity contribution in [3.8, 4) is 0 Å². The van der Waals surface area contributed by atoms with Gasteiger partial charge in [-0.25, -0.2) is 0 Å². The van der Waals surface area contributed by atoms with Crippen LogP contribution in [-0.4, -0.2) is 5.78 Å². The van der Waals surface area contributed by atoms with Crippen molar-refractivity contribution < 1.29 is 4.79 Å². The van der Waals surface area contributed by atoms with E-state index in [0.29, 0.717) is 15.5 Å². The van der Waals surface area contributed by atoms with Crippen molar-refractivity contribution in [2.24, 2.45) is 0 Å². The van der Waals surface area contributed by atoms with Gasteiger partial charge in [0.2, 0.25) is 5.78 Å². The quantitative estimate of drug-likeness (QED) is 0.682. The number of hydrogen-bond donors (Lipinski definition) is 0. The van der Waals surface area contributed by atoms with E-state index in [2.05, 4.69) is 0 Å². The lowest BCUT2D eigenvalue weighted by Gasteiger charge is -2.05. The lowest BCUT2D eigenvalue weighted by atomic mass is 10.1. The molecule has 0 aliphatic heterocycles. The molecule has 0 N–H and O–H groups in total. The highest BCUT2D eigenvalue weighted by atomic mass is 35.5. The van der Waals surface area contributed by atoms with Gasteiger partial charge in [-0.2, -0.15) is 0 Å². The summed E-state index contributed by atoms with van der Waals surface area (Å²) in [6, 6.07) is 6.79. The maximum atomic E-state index is 12.3. The van der Waals surface area contributed by atoms with Crippen molar-refractivity contribution in [3.63, 3.8) is 0 Å². The molecule has 2 aromatic rings. The molecule has 0 saturated carbocycles. The van der Waals surface area contributed by atoms with Crippen LogP contribution >= 0.6 is 46.1 Å². The second-order valence-electron chi connectivity index (χ2n) is 3.69. The molecule has 0 radical (unpaired) electrons. The van der Waals surface area contributed by atoms with Crippen LogP contribution in [0.4, 0.5) is 0 Å². The minimum atomic E-state index is -0.161. The van der Waals surface area contributed by atoms with Crippen LogP contribution in [-0.2, 0) is 6.42 Å². The van der Waals surface area contributed by atoms with Crippen LogP contribution in [0.2, 0.25) is 15.1 Å². The molecule has 0 aliphatic rings. The highest BCUT2D eigenvalue weighted by molar-refractivity contribution is 7.14. The summed E-state index contributed by atoms with van der Waals surface area (Å²) in [5.74, 6) is -0.161. The Hall–Kier alpha value is -0.540. The second-order valence-corrected chi connectivity index (χ2v) is 6.11. The van der Waals surface area contributed by atoms with E-state index in [9.17, 15) is 4.79 Å². The molecular weight excluding hydrogens is 311 g/mol. The van der Waals surface area contributed by atoms with Gasteiger partial charge in [-0.3, -0.25) is 4.79 Å². The number of carbonyl (C=O) groups excluding carboxylic acids is 1. The first kappa shape index (κ1) is 13.9. The van der Waals surface area contributed by atoms with E-state index < -0.39 is 0 Å². The minimum Gasteiger partial charge on any atom is -0.288 e. The Morgan fingerprint density at radius 2 is 1.78 bits per heavy atom. The van der Waals surface area contributed by atoms with Gasteiger partial charge >= 0.3 is 0 Å². The fraction of sp³-hybridized carbons (Fsp3) is 0.154. The third kappa shape index (κ3) is 2.72. The van der Waals surface area contributed by atoms with Gasteiger partial charge in [0, 0.05) is 9.90 Å². The molecule has 0 fully saturated rings. The molecule has 2 rings (SSSR count). The normalized spacial score (nSPS) is 10.7. The zero-order valence-electron chi connectivity index (χ0n) is 9.47. The number of carbonyl (C=O) groups is 1. The molecule has 0 unspecified atom stereocenters. The third-order valence-corrected chi connectivity index (χ3v) is 4.51. The van der Waals surface area contributed by atoms with E-state index in [0.717, 1.165) is 11.3 Å². The van der Waals surface area contributed by atoms with Crippen molar-refractivity contribution in [2.75, 3.05) is 0 Å². The molecule has 1 nitrogen and oxygen atoms in total. The molecule has 1 aromatic carbocycles. The molecule has 0 bridgehead atoms. The van der Waals surface area contributed by atoms with Gasteiger partial charge < -0.3 is 0 Å². The molecule has 94 valence electrons. The number of rotatable bonds is 3. The average Bonchev–Trinajstić information content (AvgIpc) is 2.75. The number of ketones is 1. The Morgan fingerprint density at radius 3 is 2.28 bits per heavy atom. The lowest BCUT2D eigenvalue weighted by Crippen LogP contribution is -2.00. The van der Waals surface area contributed by atoms with Gasteiger partial charge in [0.1, 0.15) is 0 Å². The van der Waals surface area contributed by atoms with Gasteiger partial charge in [-0.15, -0.1) is 11.3 Å². The third-order valence-electron chi connectivity index (χ3n) is 2.47. The highest BCUT2D eigenvalue weighted by Crippen LogP contribution is 2.32. The molecule has 1 heterocycles. The fourth-order valence-electron chi connectivity index (χ4n) is 1.57. The molecule has 1 aromatic heterocycles. The summed E-state index contributed by atoms with van der Waals surface area (Å²) in [6.07, 6.45) is 0.903. The van der Waals surface area contributed by atoms with Crippen LogP contribution in [0.5, 0.6) is 0 Å². The first-order valence-electron chi connectivity index (χ1n) is 5.31. The number of aryl methyl sites for hydroxylation is 1. The predicted octanol–water partition coefficient (Wildman–Crippen LogP) is 5.50. The first-order valence-corrected chi connectivity index (χ1v) is 7.26. The van der Waals surface area contributed by atoms with Crippen LogP contribution in [0.15, 0.2) is 24.3 Å². The van der Waals surface area contributed by atoms with Gasteiger partial charge in [-0.05, 0) is 30.7 Å². The van der Waals surface area contributed by atoms with E-state index in [4.69, 9.17) is 34.8 Å². The Balaban J connectivity index is 2.46. The summed E-state index contributed by atoms with van der Waals surface area (Å²) < 4.78 is 0. The van der Waals surface area contributed by atoms with Gasteiger partial charge in [0.05, 0.1) is 20.5 Å². The number of benzene rings is 1. The SMILES string of the molecule is CCc1ccc(C(=O)c2c(Cl)cc(Cl)cc2Cl)s1. The Labute approximate surface area is 124 Å². The average molecular weight is 320 g/mol. The maximum absolute atomic E-state index is 12.3. The van der Waals surface area contributed by atoms with Crippen molar-refractivity contribution in [2.45, 2.75) is 13.3 Å². The lowest BCUT2D eigenvalue weighted by molar-refractivity contribution is 0.104. The zero-order valence-corrected chi connectivity index (χ0v) is 12.6. The first-order chi connectivity index (χ1) is 8.52. The number of thiophene rings is 1. The Morgan fingerprint density at radius 1 is 1.17 bits per heavy atom. The monoisotopic (exact) mass is 318 g/mol. The van der Waals surface area contributed by atoms with Crippen molar-refractivity contribution in [1.82, 2.24) is 0 Å². The van der Waals surface area contributed by atoms with Crippen LogP contribution in [0.1, 0.15) is 27.0 Å². The van der Waals surface area contributed by atoms with Gasteiger partial charge in [-0.1, -0.05) is 41.7 Å². The molecule has 5 heteroatoms. The molecule has 0 spiro atoms. The number of halogens is 3. The van der Waals surface area contributed by atoms with Gasteiger partial charge in [0.15, 0.2) is 0 Å².